The topological polar surface area (TPSA) is 61.2 Å². The first-order valence-corrected chi connectivity index (χ1v) is 10.9. The van der Waals surface area contributed by atoms with Gasteiger partial charge < -0.3 is 4.74 Å². The first-order valence-electron chi connectivity index (χ1n) is 9.04. The summed E-state index contributed by atoms with van der Waals surface area (Å²) in [6.45, 7) is 1.35. The largest absolute Gasteiger partial charge is 0.496 e. The van der Waals surface area contributed by atoms with Crippen LogP contribution in [0.1, 0.15) is 11.3 Å². The van der Waals surface area contributed by atoms with Crippen molar-refractivity contribution in [3.05, 3.63) is 53.7 Å². The molecule has 3 rings (SSSR count). The van der Waals surface area contributed by atoms with E-state index in [-0.39, 0.29) is 28.3 Å². The number of ether oxygens (including phenoxy) is 1. The van der Waals surface area contributed by atoms with Crippen molar-refractivity contribution in [3.8, 4) is 40.5 Å². The number of methoxy groups -OCH3 is 1. The predicted octanol–water partition coefficient (Wildman–Crippen LogP) is 4.59. The molecule has 0 N–H and O–H groups in total. The molecule has 31 heavy (non-hydrogen) atoms. The molecule has 0 aliphatic carbocycles. The van der Waals surface area contributed by atoms with E-state index in [0.717, 1.165) is 10.9 Å². The van der Waals surface area contributed by atoms with Crippen LogP contribution in [0.3, 0.4) is 0 Å². The second-order valence-corrected chi connectivity index (χ2v) is 8.93. The molecule has 0 atom stereocenters. The third kappa shape index (κ3) is 4.44. The fourth-order valence-corrected chi connectivity index (χ4v) is 3.95. The molecule has 9 heteroatoms. The van der Waals surface area contributed by atoms with Gasteiger partial charge in [-0.05, 0) is 42.3 Å². The summed E-state index contributed by atoms with van der Waals surface area (Å²) in [6.07, 6.45) is 1.61. The summed E-state index contributed by atoms with van der Waals surface area (Å²) in [6, 6.07) is 10.2. The lowest BCUT2D eigenvalue weighted by atomic mass is 9.97. The Morgan fingerprint density at radius 3 is 2.23 bits per heavy atom. The smallest absolute Gasteiger partial charge is 0.433 e. The number of sulfone groups is 1. The van der Waals surface area contributed by atoms with Crippen molar-refractivity contribution in [2.45, 2.75) is 24.5 Å². The Labute approximate surface area is 178 Å². The normalized spacial score (nSPS) is 11.9. The Balaban J connectivity index is 2.33. The maximum atomic E-state index is 14.1. The fourth-order valence-electron chi connectivity index (χ4n) is 3.32. The Hall–Kier alpha value is -3.25. The summed E-state index contributed by atoms with van der Waals surface area (Å²) >= 11 is 0. The molecular weight excluding hydrogens is 429 g/mol. The van der Waals surface area contributed by atoms with Gasteiger partial charge in [0.2, 0.25) is 0 Å². The number of terminal acetylenes is 1. The van der Waals surface area contributed by atoms with Crippen molar-refractivity contribution < 1.29 is 26.3 Å². The highest BCUT2D eigenvalue weighted by Gasteiger charge is 2.40. The minimum atomic E-state index is -4.72. The molecule has 1 heterocycles. The molecule has 0 radical (unpaired) electrons. The number of rotatable bonds is 5. The van der Waals surface area contributed by atoms with Gasteiger partial charge in [-0.25, -0.2) is 13.1 Å². The molecule has 0 saturated carbocycles. The molecule has 0 spiro atoms. The number of nitrogens with zero attached hydrogens (tertiary/aromatic N) is 2. The molecule has 0 bridgehead atoms. The van der Waals surface area contributed by atoms with Crippen molar-refractivity contribution >= 4 is 9.84 Å². The third-order valence-electron chi connectivity index (χ3n) is 4.70. The Bertz CT molecular complexity index is 1270. The van der Waals surface area contributed by atoms with Crippen molar-refractivity contribution in [2.24, 2.45) is 0 Å². The summed E-state index contributed by atoms with van der Waals surface area (Å²) in [5.74, 6) is 2.73. The van der Waals surface area contributed by atoms with Gasteiger partial charge in [0.25, 0.3) is 0 Å². The van der Waals surface area contributed by atoms with Gasteiger partial charge in [-0.1, -0.05) is 24.1 Å². The lowest BCUT2D eigenvalue weighted by molar-refractivity contribution is -0.143. The average molecular weight is 448 g/mol. The van der Waals surface area contributed by atoms with Gasteiger partial charge in [0.1, 0.15) is 18.0 Å². The van der Waals surface area contributed by atoms with Crippen LogP contribution in [0.2, 0.25) is 0 Å². The van der Waals surface area contributed by atoms with E-state index in [9.17, 15) is 21.6 Å². The van der Waals surface area contributed by atoms with E-state index in [1.54, 1.807) is 19.1 Å². The highest BCUT2D eigenvalue weighted by molar-refractivity contribution is 7.90. The molecule has 2 aromatic carbocycles. The second-order valence-electron chi connectivity index (χ2n) is 6.91. The predicted molar refractivity (Wildman–Crippen MR) is 111 cm³/mol. The first kappa shape index (κ1) is 22.4. The molecule has 0 saturated heterocycles. The van der Waals surface area contributed by atoms with Crippen LogP contribution in [0.4, 0.5) is 13.2 Å². The lowest BCUT2D eigenvalue weighted by Gasteiger charge is -2.13. The van der Waals surface area contributed by atoms with Crippen molar-refractivity contribution in [2.75, 3.05) is 13.4 Å². The summed E-state index contributed by atoms with van der Waals surface area (Å²) in [7, 11) is -1.98. The highest BCUT2D eigenvalue weighted by Crippen LogP contribution is 2.43. The number of aromatic nitrogens is 2. The Morgan fingerprint density at radius 1 is 1.13 bits per heavy atom. The monoisotopic (exact) mass is 448 g/mol. The maximum Gasteiger partial charge on any atom is 0.433 e. The number of benzene rings is 2. The van der Waals surface area contributed by atoms with Crippen LogP contribution < -0.4 is 4.74 Å². The minimum absolute atomic E-state index is 0.0483. The summed E-state index contributed by atoms with van der Waals surface area (Å²) in [4.78, 5) is 0.0530. The van der Waals surface area contributed by atoms with E-state index >= 15 is 0 Å². The summed E-state index contributed by atoms with van der Waals surface area (Å²) in [5.41, 5.74) is 0.203. The maximum absolute atomic E-state index is 14.1. The van der Waals surface area contributed by atoms with E-state index in [0.29, 0.717) is 16.9 Å². The Morgan fingerprint density at radius 2 is 1.74 bits per heavy atom. The first-order chi connectivity index (χ1) is 14.5. The van der Waals surface area contributed by atoms with Gasteiger partial charge >= 0.3 is 6.18 Å². The minimum Gasteiger partial charge on any atom is -0.496 e. The van der Waals surface area contributed by atoms with Crippen LogP contribution in [-0.2, 0) is 22.6 Å². The van der Waals surface area contributed by atoms with Crippen LogP contribution in [0.25, 0.3) is 22.4 Å². The van der Waals surface area contributed by atoms with Crippen molar-refractivity contribution in [3.63, 3.8) is 0 Å². The van der Waals surface area contributed by atoms with Gasteiger partial charge in [-0.3, -0.25) is 0 Å². The Kier molecular flexibility index (Phi) is 5.87. The van der Waals surface area contributed by atoms with Gasteiger partial charge in [0.15, 0.2) is 15.5 Å². The molecule has 0 aliphatic rings. The average Bonchev–Trinajstić information content (AvgIpc) is 3.07. The molecule has 162 valence electrons. The van der Waals surface area contributed by atoms with Gasteiger partial charge in [0.05, 0.1) is 12.0 Å². The standard InChI is InChI=1S/C22H19F3N2O3S/c1-5-12-27-21(22(23,24)25)19(16-8-11-18(30-3)14(2)13-16)20(26-27)15-6-9-17(10-7-15)31(4,28)29/h1,6-11,13H,12H2,2-4H3. The molecule has 5 nitrogen and oxygen atoms in total. The highest BCUT2D eigenvalue weighted by atomic mass is 32.2. The quantitative estimate of drug-likeness (QED) is 0.536. The zero-order chi connectivity index (χ0) is 23.0. The van der Waals surface area contributed by atoms with E-state index in [4.69, 9.17) is 11.2 Å². The number of hydrogen-bond acceptors (Lipinski definition) is 4. The van der Waals surface area contributed by atoms with E-state index in [1.807, 2.05) is 0 Å². The van der Waals surface area contributed by atoms with Gasteiger partial charge in [-0.2, -0.15) is 18.3 Å². The third-order valence-corrected chi connectivity index (χ3v) is 5.83. The van der Waals surface area contributed by atoms with Gasteiger partial charge in [0, 0.05) is 17.4 Å². The number of halogens is 3. The molecule has 3 aromatic rings. The van der Waals surface area contributed by atoms with Crippen LogP contribution in [0, 0.1) is 19.3 Å². The van der Waals surface area contributed by atoms with Crippen molar-refractivity contribution in [1.82, 2.24) is 9.78 Å². The zero-order valence-corrected chi connectivity index (χ0v) is 17.8. The lowest BCUT2D eigenvalue weighted by Crippen LogP contribution is -2.15. The number of aryl methyl sites for hydroxylation is 1. The van der Waals surface area contributed by atoms with Crippen molar-refractivity contribution in [1.29, 1.82) is 0 Å². The van der Waals surface area contributed by atoms with E-state index in [1.165, 1.54) is 37.4 Å². The van der Waals surface area contributed by atoms with Crippen LogP contribution >= 0.6 is 0 Å². The van der Waals surface area contributed by atoms with Crippen LogP contribution in [0.5, 0.6) is 5.75 Å². The zero-order valence-electron chi connectivity index (χ0n) is 17.0. The second kappa shape index (κ2) is 8.12. The van der Waals surface area contributed by atoms with Gasteiger partial charge in [-0.15, -0.1) is 6.42 Å². The molecule has 1 aromatic heterocycles. The van der Waals surface area contributed by atoms with Crippen LogP contribution in [-0.4, -0.2) is 31.6 Å². The van der Waals surface area contributed by atoms with E-state index < -0.39 is 21.7 Å². The SMILES string of the molecule is C#CCn1nc(-c2ccc(S(C)(=O)=O)cc2)c(-c2ccc(OC)c(C)c2)c1C(F)(F)F. The number of alkyl halides is 3. The fraction of sp³-hybridized carbons (Fsp3) is 0.227. The van der Waals surface area contributed by atoms with Crippen LogP contribution in [0.15, 0.2) is 47.4 Å². The molecule has 0 fully saturated rings. The molecule has 0 unspecified atom stereocenters. The summed E-state index contributed by atoms with van der Waals surface area (Å²) in [5, 5.41) is 4.15. The molecule has 0 amide bonds. The molecular formula is C22H19F3N2O3S. The van der Waals surface area contributed by atoms with E-state index in [2.05, 4.69) is 11.0 Å². The number of hydrogen-bond donors (Lipinski definition) is 0. The summed E-state index contributed by atoms with van der Waals surface area (Å²) < 4.78 is 71.7. The molecule has 0 aliphatic heterocycles.